The summed E-state index contributed by atoms with van der Waals surface area (Å²) in [5.41, 5.74) is -1.94. The highest BCUT2D eigenvalue weighted by Crippen LogP contribution is 2.37. The average molecular weight is 441 g/mol. The van der Waals surface area contributed by atoms with Gasteiger partial charge >= 0.3 is 12.4 Å². The van der Waals surface area contributed by atoms with E-state index >= 15 is 0 Å². The summed E-state index contributed by atoms with van der Waals surface area (Å²) in [6.07, 6.45) is -9.00. The Morgan fingerprint density at radius 3 is 2.06 bits per heavy atom. The van der Waals surface area contributed by atoms with Crippen molar-refractivity contribution in [3.63, 3.8) is 0 Å². The van der Waals surface area contributed by atoms with Crippen molar-refractivity contribution in [2.75, 3.05) is 13.1 Å². The van der Waals surface area contributed by atoms with Gasteiger partial charge in [0, 0.05) is 24.6 Å². The first kappa shape index (κ1) is 21.2. The number of aromatic amines is 1. The minimum Gasteiger partial charge on any atom is -0.342 e. The topological polar surface area (TPSA) is 49.0 Å². The number of carbonyl (C=O) groups is 1. The van der Waals surface area contributed by atoms with Crippen LogP contribution in [0, 0.1) is 0 Å². The lowest BCUT2D eigenvalue weighted by molar-refractivity contribution is -0.143. The number of alkyl halides is 6. The van der Waals surface area contributed by atoms with Crippen LogP contribution < -0.4 is 0 Å². The summed E-state index contributed by atoms with van der Waals surface area (Å²) in [5.74, 6) is -0.0740. The third-order valence-electron chi connectivity index (χ3n) is 5.41. The van der Waals surface area contributed by atoms with E-state index in [1.165, 1.54) is 4.90 Å². The van der Waals surface area contributed by atoms with Gasteiger partial charge in [0.25, 0.3) is 5.91 Å². The first-order valence-corrected chi connectivity index (χ1v) is 9.56. The minimum absolute atomic E-state index is 0.0173. The predicted octanol–water partition coefficient (Wildman–Crippen LogP) is 5.62. The summed E-state index contributed by atoms with van der Waals surface area (Å²) in [4.78, 5) is 21.8. The maximum absolute atomic E-state index is 13.1. The highest BCUT2D eigenvalue weighted by molar-refractivity contribution is 5.94. The zero-order chi connectivity index (χ0) is 22.4. The third kappa shape index (κ3) is 4.38. The summed E-state index contributed by atoms with van der Waals surface area (Å²) in [5, 5.41) is 0. The summed E-state index contributed by atoms with van der Waals surface area (Å²) in [6, 6.07) is 8.45. The van der Waals surface area contributed by atoms with Crippen molar-refractivity contribution in [2.24, 2.45) is 0 Å². The Balaban J connectivity index is 1.53. The van der Waals surface area contributed by atoms with E-state index < -0.39 is 35.0 Å². The fourth-order valence-corrected chi connectivity index (χ4v) is 3.78. The number of imidazole rings is 1. The number of aromatic nitrogens is 2. The lowest BCUT2D eigenvalue weighted by atomic mass is 9.95. The molecule has 31 heavy (non-hydrogen) atoms. The van der Waals surface area contributed by atoms with Gasteiger partial charge in [0.2, 0.25) is 0 Å². The van der Waals surface area contributed by atoms with Crippen molar-refractivity contribution >= 4 is 16.9 Å². The molecule has 0 saturated carbocycles. The van der Waals surface area contributed by atoms with Gasteiger partial charge in [-0.15, -0.1) is 0 Å². The number of nitrogens with one attached hydrogen (secondary N) is 1. The number of likely N-dealkylation sites (tertiary alicyclic amines) is 1. The van der Waals surface area contributed by atoms with E-state index in [0.29, 0.717) is 25.0 Å². The second-order valence-electron chi connectivity index (χ2n) is 7.50. The van der Waals surface area contributed by atoms with Crippen molar-refractivity contribution in [2.45, 2.75) is 31.1 Å². The van der Waals surface area contributed by atoms with Crippen LogP contribution in [0.4, 0.5) is 26.3 Å². The van der Waals surface area contributed by atoms with Crippen LogP contribution in [0.3, 0.4) is 0 Å². The second kappa shape index (κ2) is 7.58. The number of carbonyl (C=O) groups excluding carboxylic acids is 1. The Bertz CT molecular complexity index is 1040. The van der Waals surface area contributed by atoms with Crippen molar-refractivity contribution in [1.29, 1.82) is 0 Å². The highest BCUT2D eigenvalue weighted by Gasteiger charge is 2.38. The zero-order valence-corrected chi connectivity index (χ0v) is 16.0. The molecule has 0 atom stereocenters. The first-order chi connectivity index (χ1) is 14.5. The zero-order valence-electron chi connectivity index (χ0n) is 16.0. The standard InChI is InChI=1S/C21H17F6N3O/c22-20(23,24)14-9-13(10-15(11-14)21(25,26)27)19(31)30-7-5-12(6-8-30)18-28-16-3-1-2-4-17(16)29-18/h1-4,9-12H,5-8H2,(H,28,29). The van der Waals surface area contributed by atoms with Crippen LogP contribution in [0.5, 0.6) is 0 Å². The molecule has 1 N–H and O–H groups in total. The minimum atomic E-state index is -5.00. The Morgan fingerprint density at radius 2 is 1.52 bits per heavy atom. The molecule has 164 valence electrons. The number of H-pyrrole nitrogens is 1. The van der Waals surface area contributed by atoms with Gasteiger partial charge in [-0.2, -0.15) is 26.3 Å². The highest BCUT2D eigenvalue weighted by atomic mass is 19.4. The molecule has 0 spiro atoms. The van der Waals surface area contributed by atoms with Crippen molar-refractivity contribution < 1.29 is 31.1 Å². The van der Waals surface area contributed by atoms with Crippen LogP contribution in [0.2, 0.25) is 0 Å². The van der Waals surface area contributed by atoms with Crippen LogP contribution in [-0.2, 0) is 12.4 Å². The molecule has 0 aliphatic carbocycles. The van der Waals surface area contributed by atoms with Crippen LogP contribution >= 0.6 is 0 Å². The van der Waals surface area contributed by atoms with Gasteiger partial charge in [0.05, 0.1) is 22.2 Å². The molecule has 0 radical (unpaired) electrons. The molecular weight excluding hydrogens is 424 g/mol. The number of rotatable bonds is 2. The average Bonchev–Trinajstić information content (AvgIpc) is 3.16. The maximum Gasteiger partial charge on any atom is 0.416 e. The van der Waals surface area contributed by atoms with E-state index in [-0.39, 0.29) is 25.1 Å². The first-order valence-electron chi connectivity index (χ1n) is 9.56. The molecule has 10 heteroatoms. The number of fused-ring (bicyclic) bond motifs is 1. The van der Waals surface area contributed by atoms with Crippen LogP contribution in [-0.4, -0.2) is 33.9 Å². The predicted molar refractivity (Wildman–Crippen MR) is 100 cm³/mol. The number of hydrogen-bond donors (Lipinski definition) is 1. The van der Waals surface area contributed by atoms with Crippen molar-refractivity contribution in [3.8, 4) is 0 Å². The fraction of sp³-hybridized carbons (Fsp3) is 0.333. The fourth-order valence-electron chi connectivity index (χ4n) is 3.78. The summed E-state index contributed by atoms with van der Waals surface area (Å²) >= 11 is 0. The molecule has 0 unspecified atom stereocenters. The Morgan fingerprint density at radius 1 is 0.935 bits per heavy atom. The Labute approximate surface area is 172 Å². The van der Waals surface area contributed by atoms with Gasteiger partial charge in [0.1, 0.15) is 5.82 Å². The summed E-state index contributed by atoms with van der Waals surface area (Å²) < 4.78 is 78.4. The molecule has 4 nitrogen and oxygen atoms in total. The molecule has 0 bridgehead atoms. The number of para-hydroxylation sites is 2. The molecule has 1 aromatic heterocycles. The number of hydrogen-bond acceptors (Lipinski definition) is 2. The number of amides is 1. The summed E-state index contributed by atoms with van der Waals surface area (Å²) in [7, 11) is 0. The molecule has 2 heterocycles. The molecule has 3 aromatic rings. The maximum atomic E-state index is 13.1. The molecule has 1 fully saturated rings. The van der Waals surface area contributed by atoms with E-state index in [2.05, 4.69) is 9.97 Å². The van der Waals surface area contributed by atoms with E-state index in [1.807, 2.05) is 24.3 Å². The number of benzene rings is 2. The Kier molecular flexibility index (Phi) is 5.18. The van der Waals surface area contributed by atoms with Crippen molar-refractivity contribution in [1.82, 2.24) is 14.9 Å². The van der Waals surface area contributed by atoms with Crippen LogP contribution in [0.1, 0.15) is 46.1 Å². The van der Waals surface area contributed by atoms with Crippen molar-refractivity contribution in [3.05, 3.63) is 65.0 Å². The molecular formula is C21H17F6N3O. The SMILES string of the molecule is O=C(c1cc(C(F)(F)F)cc(C(F)(F)F)c1)N1CCC(c2nc3ccccc3[nH]2)CC1. The lowest BCUT2D eigenvalue weighted by Gasteiger charge is -2.31. The smallest absolute Gasteiger partial charge is 0.342 e. The van der Waals surface area contributed by atoms with Gasteiger partial charge in [-0.05, 0) is 43.2 Å². The molecule has 1 aliphatic rings. The second-order valence-corrected chi connectivity index (χ2v) is 7.50. The van der Waals surface area contributed by atoms with E-state index in [1.54, 1.807) is 0 Å². The van der Waals surface area contributed by atoms with Gasteiger partial charge in [-0.3, -0.25) is 4.79 Å². The molecule has 1 amide bonds. The van der Waals surface area contributed by atoms with Gasteiger partial charge in [-0.1, -0.05) is 12.1 Å². The molecule has 2 aromatic carbocycles. The molecule has 1 aliphatic heterocycles. The number of piperidine rings is 1. The third-order valence-corrected chi connectivity index (χ3v) is 5.41. The van der Waals surface area contributed by atoms with E-state index in [0.717, 1.165) is 16.9 Å². The molecule has 4 rings (SSSR count). The van der Waals surface area contributed by atoms with Gasteiger partial charge in [-0.25, -0.2) is 4.98 Å². The van der Waals surface area contributed by atoms with Crippen LogP contribution in [0.25, 0.3) is 11.0 Å². The lowest BCUT2D eigenvalue weighted by Crippen LogP contribution is -2.38. The monoisotopic (exact) mass is 441 g/mol. The Hall–Kier alpha value is -3.04. The largest absolute Gasteiger partial charge is 0.416 e. The normalized spacial score (nSPS) is 16.1. The van der Waals surface area contributed by atoms with Crippen LogP contribution in [0.15, 0.2) is 42.5 Å². The quantitative estimate of drug-likeness (QED) is 0.525. The van der Waals surface area contributed by atoms with Gasteiger partial charge < -0.3 is 9.88 Å². The van der Waals surface area contributed by atoms with Gasteiger partial charge in [0.15, 0.2) is 0 Å². The van der Waals surface area contributed by atoms with E-state index in [9.17, 15) is 31.1 Å². The summed E-state index contributed by atoms with van der Waals surface area (Å²) in [6.45, 7) is 0.413. The molecule has 1 saturated heterocycles. The number of halogens is 6. The number of nitrogens with zero attached hydrogens (tertiary/aromatic N) is 2. The van der Waals surface area contributed by atoms with E-state index in [4.69, 9.17) is 0 Å².